The van der Waals surface area contributed by atoms with Crippen LogP contribution in [0.15, 0.2) is 30.3 Å². The number of nitrogens with one attached hydrogen (secondary N) is 3. The highest BCUT2D eigenvalue weighted by molar-refractivity contribution is 5.95. The molecule has 158 valence electrons. The molecule has 1 heterocycles. The zero-order valence-electron chi connectivity index (χ0n) is 15.6. The number of amides is 3. The van der Waals surface area contributed by atoms with Crippen molar-refractivity contribution in [3.05, 3.63) is 41.8 Å². The zero-order chi connectivity index (χ0) is 21.4. The van der Waals surface area contributed by atoms with E-state index in [1.807, 2.05) is 11.4 Å². The lowest BCUT2D eigenvalue weighted by atomic mass is 10.1. The Labute approximate surface area is 164 Å². The number of H-pyrrole nitrogens is 1. The van der Waals surface area contributed by atoms with Crippen LogP contribution in [0.4, 0.5) is 22.4 Å². The molecule has 29 heavy (non-hydrogen) atoms. The van der Waals surface area contributed by atoms with Gasteiger partial charge in [-0.25, -0.2) is 9.18 Å². The molecule has 0 saturated heterocycles. The number of aromatic nitrogens is 2. The molecule has 7 nitrogen and oxygen atoms in total. The number of urea groups is 1. The Morgan fingerprint density at radius 3 is 2.55 bits per heavy atom. The predicted octanol–water partition coefficient (Wildman–Crippen LogP) is 2.47. The topological polar surface area (TPSA) is 90.1 Å². The lowest BCUT2D eigenvalue weighted by Gasteiger charge is -2.16. The van der Waals surface area contributed by atoms with Crippen LogP contribution in [0, 0.1) is 5.82 Å². The maximum absolute atomic E-state index is 13.0. The van der Waals surface area contributed by atoms with Gasteiger partial charge in [0.15, 0.2) is 0 Å². The maximum Gasteiger partial charge on any atom is 0.405 e. The van der Waals surface area contributed by atoms with Gasteiger partial charge in [0.05, 0.1) is 12.2 Å². The van der Waals surface area contributed by atoms with Gasteiger partial charge in [0.1, 0.15) is 12.4 Å². The quantitative estimate of drug-likeness (QED) is 0.578. The summed E-state index contributed by atoms with van der Waals surface area (Å²) in [5.74, 6) is -1.03. The van der Waals surface area contributed by atoms with Gasteiger partial charge in [0.2, 0.25) is 5.91 Å². The summed E-state index contributed by atoms with van der Waals surface area (Å²) in [6, 6.07) is 6.64. The van der Waals surface area contributed by atoms with Crippen molar-refractivity contribution in [2.24, 2.45) is 0 Å². The smallest absolute Gasteiger partial charge is 0.329 e. The summed E-state index contributed by atoms with van der Waals surface area (Å²) in [4.78, 5) is 24.5. The van der Waals surface area contributed by atoms with E-state index in [-0.39, 0.29) is 12.4 Å². The lowest BCUT2D eigenvalue weighted by Crippen LogP contribution is -2.46. The number of carbonyl (C=O) groups excluding carboxylic acids is 2. The zero-order valence-corrected chi connectivity index (χ0v) is 15.6. The van der Waals surface area contributed by atoms with E-state index in [1.54, 1.807) is 29.4 Å². The van der Waals surface area contributed by atoms with Crippen molar-refractivity contribution in [3.8, 4) is 11.3 Å². The number of hydrogen-bond donors (Lipinski definition) is 3. The summed E-state index contributed by atoms with van der Waals surface area (Å²) < 4.78 is 49.0. The van der Waals surface area contributed by atoms with Crippen molar-refractivity contribution < 1.29 is 27.2 Å². The Kier molecular flexibility index (Phi) is 7.71. The molecule has 11 heteroatoms. The SMILES string of the molecule is CN(CCCc1cc(-c2ccc(F)cc2)n[nH]1)CC(=O)NC(=O)NCC(F)(F)F. The fourth-order valence-electron chi connectivity index (χ4n) is 2.51. The lowest BCUT2D eigenvalue weighted by molar-refractivity contribution is -0.125. The third kappa shape index (κ3) is 8.30. The number of rotatable bonds is 8. The molecule has 0 atom stereocenters. The van der Waals surface area contributed by atoms with Gasteiger partial charge in [-0.05, 0) is 56.8 Å². The molecule has 0 saturated carbocycles. The van der Waals surface area contributed by atoms with Crippen LogP contribution in [0.2, 0.25) is 0 Å². The van der Waals surface area contributed by atoms with Gasteiger partial charge in [0, 0.05) is 11.3 Å². The van der Waals surface area contributed by atoms with E-state index in [1.165, 1.54) is 12.1 Å². The van der Waals surface area contributed by atoms with Crippen LogP contribution in [-0.4, -0.2) is 59.9 Å². The number of aromatic amines is 1. The standard InChI is InChI=1S/C18H21F4N5O2/c1-27(10-16(28)24-17(29)23-11-18(20,21)22)8-2-3-14-9-15(26-25-14)12-4-6-13(19)7-5-12/h4-7,9H,2-3,8,10-11H2,1H3,(H,25,26)(H2,23,24,28,29). The van der Waals surface area contributed by atoms with Gasteiger partial charge in [-0.1, -0.05) is 0 Å². The number of nitrogens with zero attached hydrogens (tertiary/aromatic N) is 2. The Hall–Kier alpha value is -2.95. The fourth-order valence-corrected chi connectivity index (χ4v) is 2.51. The van der Waals surface area contributed by atoms with E-state index in [2.05, 4.69) is 10.2 Å². The molecule has 0 aliphatic carbocycles. The van der Waals surface area contributed by atoms with Crippen LogP contribution in [0.25, 0.3) is 11.3 Å². The number of hydrogen-bond acceptors (Lipinski definition) is 4. The van der Waals surface area contributed by atoms with Gasteiger partial charge < -0.3 is 5.32 Å². The summed E-state index contributed by atoms with van der Waals surface area (Å²) in [6.07, 6.45) is -3.22. The van der Waals surface area contributed by atoms with Crippen LogP contribution in [0.5, 0.6) is 0 Å². The highest BCUT2D eigenvalue weighted by Crippen LogP contribution is 2.18. The molecule has 0 radical (unpaired) electrons. The molecule has 3 N–H and O–H groups in total. The van der Waals surface area contributed by atoms with Gasteiger partial charge >= 0.3 is 12.2 Å². The maximum atomic E-state index is 13.0. The van der Waals surface area contributed by atoms with Crippen molar-refractivity contribution in [2.75, 3.05) is 26.7 Å². The third-order valence-electron chi connectivity index (χ3n) is 3.87. The molecule has 0 spiro atoms. The minimum Gasteiger partial charge on any atom is -0.329 e. The summed E-state index contributed by atoms with van der Waals surface area (Å²) in [7, 11) is 1.66. The second-order valence-corrected chi connectivity index (χ2v) is 6.47. The molecule has 3 amide bonds. The molecule has 0 aliphatic rings. The van der Waals surface area contributed by atoms with Crippen molar-refractivity contribution in [2.45, 2.75) is 19.0 Å². The third-order valence-corrected chi connectivity index (χ3v) is 3.87. The summed E-state index contributed by atoms with van der Waals surface area (Å²) in [5.41, 5.74) is 2.35. The number of benzene rings is 1. The van der Waals surface area contributed by atoms with E-state index < -0.39 is 24.7 Å². The summed E-state index contributed by atoms with van der Waals surface area (Å²) in [5, 5.41) is 10.5. The predicted molar refractivity (Wildman–Crippen MR) is 97.4 cm³/mol. The molecular weight excluding hydrogens is 394 g/mol. The van der Waals surface area contributed by atoms with Crippen LogP contribution < -0.4 is 10.6 Å². The first kappa shape index (κ1) is 22.3. The fraction of sp³-hybridized carbons (Fsp3) is 0.389. The highest BCUT2D eigenvalue weighted by Gasteiger charge is 2.28. The first-order valence-electron chi connectivity index (χ1n) is 8.75. The molecule has 0 unspecified atom stereocenters. The van der Waals surface area contributed by atoms with Crippen molar-refractivity contribution in [3.63, 3.8) is 0 Å². The monoisotopic (exact) mass is 415 g/mol. The Morgan fingerprint density at radius 1 is 1.21 bits per heavy atom. The minimum atomic E-state index is -4.54. The van der Waals surface area contributed by atoms with E-state index in [0.717, 1.165) is 11.3 Å². The molecule has 2 rings (SSSR count). The molecule has 1 aromatic carbocycles. The largest absolute Gasteiger partial charge is 0.405 e. The molecule has 0 bridgehead atoms. The Balaban J connectivity index is 1.69. The van der Waals surface area contributed by atoms with Crippen LogP contribution >= 0.6 is 0 Å². The minimum absolute atomic E-state index is 0.136. The Morgan fingerprint density at radius 2 is 1.90 bits per heavy atom. The first-order valence-corrected chi connectivity index (χ1v) is 8.75. The average molecular weight is 415 g/mol. The number of alkyl halides is 3. The summed E-state index contributed by atoms with van der Waals surface area (Å²) >= 11 is 0. The second kappa shape index (κ2) is 10.0. The van der Waals surface area contributed by atoms with Crippen molar-refractivity contribution >= 4 is 11.9 Å². The number of imide groups is 1. The highest BCUT2D eigenvalue weighted by atomic mass is 19.4. The van der Waals surface area contributed by atoms with Crippen LogP contribution in [-0.2, 0) is 11.2 Å². The Bertz CT molecular complexity index is 820. The number of likely N-dealkylation sites (N-methyl/N-ethyl adjacent to an activating group) is 1. The molecule has 0 fully saturated rings. The number of halogens is 4. The summed E-state index contributed by atoms with van der Waals surface area (Å²) in [6.45, 7) is -1.13. The van der Waals surface area contributed by atoms with Crippen LogP contribution in [0.3, 0.4) is 0 Å². The van der Waals surface area contributed by atoms with Crippen LogP contribution in [0.1, 0.15) is 12.1 Å². The van der Waals surface area contributed by atoms with Gasteiger partial charge in [0.25, 0.3) is 0 Å². The molecule has 2 aromatic rings. The van der Waals surface area contributed by atoms with Gasteiger partial charge in [-0.2, -0.15) is 18.3 Å². The molecule has 0 aliphatic heterocycles. The van der Waals surface area contributed by atoms with Crippen molar-refractivity contribution in [1.82, 2.24) is 25.7 Å². The first-order chi connectivity index (χ1) is 13.6. The van der Waals surface area contributed by atoms with E-state index in [9.17, 15) is 27.2 Å². The van der Waals surface area contributed by atoms with E-state index in [4.69, 9.17) is 0 Å². The number of aryl methyl sites for hydroxylation is 1. The van der Waals surface area contributed by atoms with Crippen molar-refractivity contribution in [1.29, 1.82) is 0 Å². The molecular formula is C18H21F4N5O2. The van der Waals surface area contributed by atoms with E-state index in [0.29, 0.717) is 25.1 Å². The van der Waals surface area contributed by atoms with E-state index >= 15 is 0 Å². The second-order valence-electron chi connectivity index (χ2n) is 6.47. The number of carbonyl (C=O) groups is 2. The van der Waals surface area contributed by atoms with Gasteiger partial charge in [-0.3, -0.25) is 20.1 Å². The molecule has 1 aromatic heterocycles. The normalized spacial score (nSPS) is 11.5. The average Bonchev–Trinajstić information content (AvgIpc) is 3.08. The van der Waals surface area contributed by atoms with Gasteiger partial charge in [-0.15, -0.1) is 0 Å².